The molecule has 0 aliphatic heterocycles. The van der Waals surface area contributed by atoms with E-state index in [2.05, 4.69) is 20.3 Å². The Kier molecular flexibility index (Phi) is 6.95. The molecule has 2 aromatic heterocycles. The number of amides is 1. The first-order chi connectivity index (χ1) is 14.2. The lowest BCUT2D eigenvalue weighted by atomic mass is 10.1. The SMILES string of the molecule is Cl.NCc1cc(OCc2cccc(C(=O)NCc3nc4ccccc4o3)c2)ncn1. The van der Waals surface area contributed by atoms with Gasteiger partial charge in [-0.3, -0.25) is 4.79 Å². The van der Waals surface area contributed by atoms with Gasteiger partial charge in [0.1, 0.15) is 18.5 Å². The van der Waals surface area contributed by atoms with Gasteiger partial charge in [-0.15, -0.1) is 12.4 Å². The zero-order valence-corrected chi connectivity index (χ0v) is 16.8. The van der Waals surface area contributed by atoms with Gasteiger partial charge in [0.05, 0.1) is 12.2 Å². The summed E-state index contributed by atoms with van der Waals surface area (Å²) in [5.41, 5.74) is 9.08. The fraction of sp³-hybridized carbons (Fsp3) is 0.143. The predicted octanol–water partition coefficient (Wildman–Crippen LogP) is 3.01. The van der Waals surface area contributed by atoms with Crippen molar-refractivity contribution in [2.75, 3.05) is 0 Å². The van der Waals surface area contributed by atoms with Gasteiger partial charge in [0.25, 0.3) is 5.91 Å². The second-order valence-corrected chi connectivity index (χ2v) is 6.30. The fourth-order valence-corrected chi connectivity index (χ4v) is 2.78. The molecule has 4 aromatic rings. The summed E-state index contributed by atoms with van der Waals surface area (Å²) in [5, 5.41) is 2.82. The Hall–Kier alpha value is -3.49. The predicted molar refractivity (Wildman–Crippen MR) is 113 cm³/mol. The van der Waals surface area contributed by atoms with E-state index in [4.69, 9.17) is 14.9 Å². The number of fused-ring (bicyclic) bond motifs is 1. The van der Waals surface area contributed by atoms with E-state index >= 15 is 0 Å². The van der Waals surface area contributed by atoms with Gasteiger partial charge in [0, 0.05) is 18.2 Å². The maximum absolute atomic E-state index is 12.5. The Morgan fingerprint density at radius 2 is 1.97 bits per heavy atom. The molecule has 1 amide bonds. The van der Waals surface area contributed by atoms with Gasteiger partial charge in [0.2, 0.25) is 11.8 Å². The second kappa shape index (κ2) is 9.82. The van der Waals surface area contributed by atoms with E-state index in [0.29, 0.717) is 35.2 Å². The van der Waals surface area contributed by atoms with E-state index in [0.717, 1.165) is 11.1 Å². The van der Waals surface area contributed by atoms with Gasteiger partial charge in [0.15, 0.2) is 5.58 Å². The summed E-state index contributed by atoms with van der Waals surface area (Å²) < 4.78 is 11.3. The maximum atomic E-state index is 12.5. The molecule has 2 heterocycles. The van der Waals surface area contributed by atoms with E-state index in [1.165, 1.54) is 6.33 Å². The number of nitrogens with two attached hydrogens (primary N) is 1. The molecule has 30 heavy (non-hydrogen) atoms. The average Bonchev–Trinajstić information content (AvgIpc) is 3.19. The molecule has 0 spiro atoms. The molecule has 3 N–H and O–H groups in total. The van der Waals surface area contributed by atoms with Crippen LogP contribution in [0.2, 0.25) is 0 Å². The molecule has 154 valence electrons. The highest BCUT2D eigenvalue weighted by atomic mass is 35.5. The van der Waals surface area contributed by atoms with Crippen LogP contribution in [0.25, 0.3) is 11.1 Å². The minimum Gasteiger partial charge on any atom is -0.473 e. The van der Waals surface area contributed by atoms with Gasteiger partial charge in [-0.1, -0.05) is 24.3 Å². The molecule has 0 unspecified atom stereocenters. The van der Waals surface area contributed by atoms with E-state index in [9.17, 15) is 4.79 Å². The molecule has 8 nitrogen and oxygen atoms in total. The van der Waals surface area contributed by atoms with E-state index in [1.807, 2.05) is 30.3 Å². The summed E-state index contributed by atoms with van der Waals surface area (Å²) in [5.74, 6) is 0.673. The van der Waals surface area contributed by atoms with Crippen LogP contribution in [0, 0.1) is 0 Å². The number of benzene rings is 2. The number of nitrogens with one attached hydrogen (secondary N) is 1. The highest BCUT2D eigenvalue weighted by Gasteiger charge is 2.10. The molecular formula is C21H20ClN5O3. The molecule has 2 aromatic carbocycles. The Balaban J connectivity index is 0.00000256. The summed E-state index contributed by atoms with van der Waals surface area (Å²) >= 11 is 0. The number of oxazole rings is 1. The molecule has 9 heteroatoms. The Bertz CT molecular complexity index is 1120. The maximum Gasteiger partial charge on any atom is 0.251 e. The highest BCUT2D eigenvalue weighted by molar-refractivity contribution is 5.94. The monoisotopic (exact) mass is 425 g/mol. The van der Waals surface area contributed by atoms with Crippen LogP contribution in [0.1, 0.15) is 27.5 Å². The molecule has 0 bridgehead atoms. The van der Waals surface area contributed by atoms with Crippen LogP contribution >= 0.6 is 12.4 Å². The summed E-state index contributed by atoms with van der Waals surface area (Å²) in [7, 11) is 0. The van der Waals surface area contributed by atoms with Crippen LogP contribution in [-0.4, -0.2) is 20.9 Å². The average molecular weight is 426 g/mol. The zero-order chi connectivity index (χ0) is 20.1. The van der Waals surface area contributed by atoms with Crippen molar-refractivity contribution in [1.82, 2.24) is 20.3 Å². The van der Waals surface area contributed by atoms with Crippen LogP contribution in [0.4, 0.5) is 0 Å². The summed E-state index contributed by atoms with van der Waals surface area (Å²) in [4.78, 5) is 24.9. The van der Waals surface area contributed by atoms with Crippen LogP contribution in [0.15, 0.2) is 65.3 Å². The molecule has 4 rings (SSSR count). The van der Waals surface area contributed by atoms with Crippen molar-refractivity contribution in [3.8, 4) is 5.88 Å². The van der Waals surface area contributed by atoms with Crippen LogP contribution in [0.5, 0.6) is 5.88 Å². The van der Waals surface area contributed by atoms with E-state index in [1.54, 1.807) is 24.3 Å². The number of hydrogen-bond donors (Lipinski definition) is 2. The second-order valence-electron chi connectivity index (χ2n) is 6.30. The van der Waals surface area contributed by atoms with Crippen LogP contribution in [-0.2, 0) is 19.7 Å². The number of nitrogens with zero attached hydrogens (tertiary/aromatic N) is 3. The van der Waals surface area contributed by atoms with E-state index < -0.39 is 0 Å². The highest BCUT2D eigenvalue weighted by Crippen LogP contribution is 2.15. The number of carbonyl (C=O) groups is 1. The summed E-state index contributed by atoms with van der Waals surface area (Å²) in [6.45, 7) is 0.791. The number of carbonyl (C=O) groups excluding carboxylic acids is 1. The van der Waals surface area contributed by atoms with Gasteiger partial charge in [-0.05, 0) is 29.8 Å². The molecule has 0 aliphatic rings. The van der Waals surface area contributed by atoms with Crippen molar-refractivity contribution < 1.29 is 13.9 Å². The summed E-state index contributed by atoms with van der Waals surface area (Å²) in [6, 6.07) is 16.3. The number of rotatable bonds is 7. The number of aromatic nitrogens is 3. The normalized spacial score (nSPS) is 10.4. The van der Waals surface area contributed by atoms with Gasteiger partial charge in [-0.2, -0.15) is 0 Å². The summed E-state index contributed by atoms with van der Waals surface area (Å²) in [6.07, 6.45) is 1.41. The van der Waals surface area contributed by atoms with Crippen molar-refractivity contribution in [2.45, 2.75) is 19.7 Å². The lowest BCUT2D eigenvalue weighted by Gasteiger charge is -2.08. The topological polar surface area (TPSA) is 116 Å². The lowest BCUT2D eigenvalue weighted by Crippen LogP contribution is -2.23. The van der Waals surface area contributed by atoms with Gasteiger partial charge >= 0.3 is 0 Å². The van der Waals surface area contributed by atoms with E-state index in [-0.39, 0.29) is 31.5 Å². The van der Waals surface area contributed by atoms with Crippen molar-refractivity contribution >= 4 is 29.4 Å². The smallest absolute Gasteiger partial charge is 0.251 e. The largest absolute Gasteiger partial charge is 0.473 e. The van der Waals surface area contributed by atoms with Gasteiger partial charge in [-0.25, -0.2) is 15.0 Å². The third-order valence-corrected chi connectivity index (χ3v) is 4.22. The Morgan fingerprint density at radius 3 is 2.80 bits per heavy atom. The fourth-order valence-electron chi connectivity index (χ4n) is 2.78. The number of hydrogen-bond acceptors (Lipinski definition) is 7. The molecular weight excluding hydrogens is 406 g/mol. The third-order valence-electron chi connectivity index (χ3n) is 4.22. The number of para-hydroxylation sites is 2. The lowest BCUT2D eigenvalue weighted by molar-refractivity contribution is 0.0947. The molecule has 0 aliphatic carbocycles. The molecule has 0 atom stereocenters. The molecule has 0 fully saturated rings. The number of ether oxygens (including phenoxy) is 1. The standard InChI is InChI=1S/C21H19N5O3.ClH/c22-10-16-9-19(25-13-24-16)28-12-14-4-3-5-15(8-14)21(27)23-11-20-26-17-6-1-2-7-18(17)29-20;/h1-9,13H,10-12,22H2,(H,23,27);1H. The van der Waals surface area contributed by atoms with Crippen LogP contribution < -0.4 is 15.8 Å². The Morgan fingerprint density at radius 1 is 1.10 bits per heavy atom. The molecule has 0 saturated carbocycles. The minimum absolute atomic E-state index is 0. The number of halogens is 1. The Labute approximate surface area is 178 Å². The molecule has 0 radical (unpaired) electrons. The first kappa shape index (κ1) is 21.2. The quantitative estimate of drug-likeness (QED) is 0.467. The van der Waals surface area contributed by atoms with Gasteiger partial charge < -0.3 is 20.2 Å². The minimum atomic E-state index is -0.221. The first-order valence-corrected chi connectivity index (χ1v) is 9.06. The molecule has 0 saturated heterocycles. The van der Waals surface area contributed by atoms with Crippen LogP contribution in [0.3, 0.4) is 0 Å². The first-order valence-electron chi connectivity index (χ1n) is 9.06. The van der Waals surface area contributed by atoms with Crippen molar-refractivity contribution in [3.05, 3.63) is 83.6 Å². The van der Waals surface area contributed by atoms with Crippen molar-refractivity contribution in [2.24, 2.45) is 5.73 Å². The van der Waals surface area contributed by atoms with Crippen molar-refractivity contribution in [1.29, 1.82) is 0 Å². The third kappa shape index (κ3) is 5.11. The van der Waals surface area contributed by atoms with Crippen molar-refractivity contribution in [3.63, 3.8) is 0 Å². The zero-order valence-electron chi connectivity index (χ0n) is 15.9.